The molecular weight excluding hydrogens is 345 g/mol. The third kappa shape index (κ3) is 7.84. The number of amides is 1. The second-order valence-electron chi connectivity index (χ2n) is 6.43. The third-order valence-electron chi connectivity index (χ3n) is 4.38. The van der Waals surface area contributed by atoms with Gasteiger partial charge in [0.15, 0.2) is 0 Å². The quantitative estimate of drug-likeness (QED) is 0.719. The lowest BCUT2D eigenvalue weighted by Crippen LogP contribution is -2.36. The monoisotopic (exact) mass is 375 g/mol. The lowest BCUT2D eigenvalue weighted by molar-refractivity contribution is -0.122. The van der Waals surface area contributed by atoms with Gasteiger partial charge in [0.25, 0.3) is 0 Å². The van der Waals surface area contributed by atoms with E-state index in [4.69, 9.17) is 5.73 Å². The van der Waals surface area contributed by atoms with E-state index >= 15 is 0 Å². The molecule has 0 radical (unpaired) electrons. The zero-order valence-electron chi connectivity index (χ0n) is 14.4. The third-order valence-corrected chi connectivity index (χ3v) is 4.38. The Balaban J connectivity index is 0.00000264. The molecule has 1 fully saturated rings. The molecule has 0 aromatic heterocycles. The van der Waals surface area contributed by atoms with Crippen LogP contribution in [0.4, 0.5) is 0 Å². The lowest BCUT2D eigenvalue weighted by atomic mass is 10.0. The zero-order chi connectivity index (χ0) is 15.8. The van der Waals surface area contributed by atoms with E-state index in [1.807, 2.05) is 30.3 Å². The summed E-state index contributed by atoms with van der Waals surface area (Å²) in [6.45, 7) is 6.64. The number of carbonyl (C=O) groups excluding carboxylic acids is 1. The summed E-state index contributed by atoms with van der Waals surface area (Å²) in [6, 6.07) is 8.95. The normalized spacial score (nSPS) is 18.8. The Hall–Kier alpha value is -0.810. The molecule has 0 bridgehead atoms. The number of hydrogen-bond acceptors (Lipinski definition) is 3. The minimum absolute atomic E-state index is 0. The molecule has 1 aliphatic rings. The molecule has 1 saturated heterocycles. The first-order valence-electron chi connectivity index (χ1n) is 8.47. The van der Waals surface area contributed by atoms with Crippen LogP contribution in [0.25, 0.3) is 0 Å². The fourth-order valence-corrected chi connectivity index (χ4v) is 3.08. The maximum Gasteiger partial charge on any atom is 0.241 e. The Morgan fingerprint density at radius 2 is 2.00 bits per heavy atom. The molecule has 0 saturated carbocycles. The van der Waals surface area contributed by atoms with Crippen molar-refractivity contribution in [2.24, 2.45) is 11.7 Å². The van der Waals surface area contributed by atoms with E-state index in [0.717, 1.165) is 30.9 Å². The Labute approximate surface area is 158 Å². The summed E-state index contributed by atoms with van der Waals surface area (Å²) in [5.41, 5.74) is 6.83. The van der Waals surface area contributed by atoms with Crippen LogP contribution in [-0.4, -0.2) is 37.0 Å². The SMILES string of the molecule is CC1CCCN(CCCCNC(=O)C(N)c2ccccc2)C1.Cl.Cl. The van der Waals surface area contributed by atoms with Crippen molar-refractivity contribution >= 4 is 30.7 Å². The predicted octanol–water partition coefficient (Wildman–Crippen LogP) is 3.16. The van der Waals surface area contributed by atoms with E-state index in [2.05, 4.69) is 17.1 Å². The van der Waals surface area contributed by atoms with E-state index < -0.39 is 6.04 Å². The molecule has 24 heavy (non-hydrogen) atoms. The fourth-order valence-electron chi connectivity index (χ4n) is 3.08. The summed E-state index contributed by atoms with van der Waals surface area (Å²) in [6.07, 6.45) is 4.83. The van der Waals surface area contributed by atoms with Crippen LogP contribution in [0.2, 0.25) is 0 Å². The maximum absolute atomic E-state index is 12.0. The van der Waals surface area contributed by atoms with Crippen molar-refractivity contribution in [1.29, 1.82) is 0 Å². The highest BCUT2D eigenvalue weighted by Crippen LogP contribution is 2.15. The maximum atomic E-state index is 12.0. The number of nitrogens with zero attached hydrogens (tertiary/aromatic N) is 1. The van der Waals surface area contributed by atoms with Gasteiger partial charge in [0, 0.05) is 13.1 Å². The zero-order valence-corrected chi connectivity index (χ0v) is 16.1. The lowest BCUT2D eigenvalue weighted by Gasteiger charge is -2.30. The highest BCUT2D eigenvalue weighted by Gasteiger charge is 2.16. The van der Waals surface area contributed by atoms with Crippen molar-refractivity contribution in [3.8, 4) is 0 Å². The number of nitrogens with one attached hydrogen (secondary N) is 1. The number of hydrogen-bond donors (Lipinski definition) is 2. The summed E-state index contributed by atoms with van der Waals surface area (Å²) in [5.74, 6) is 0.745. The fraction of sp³-hybridized carbons (Fsp3) is 0.611. The van der Waals surface area contributed by atoms with Gasteiger partial charge in [-0.05, 0) is 50.3 Å². The molecule has 1 heterocycles. The van der Waals surface area contributed by atoms with E-state index in [9.17, 15) is 4.79 Å². The van der Waals surface area contributed by atoms with Crippen LogP contribution < -0.4 is 11.1 Å². The predicted molar refractivity (Wildman–Crippen MR) is 105 cm³/mol. The molecule has 4 nitrogen and oxygen atoms in total. The topological polar surface area (TPSA) is 58.4 Å². The first kappa shape index (κ1) is 23.2. The second kappa shape index (κ2) is 12.5. The molecule has 6 heteroatoms. The van der Waals surface area contributed by atoms with Gasteiger partial charge in [-0.3, -0.25) is 4.79 Å². The summed E-state index contributed by atoms with van der Waals surface area (Å²) in [7, 11) is 0. The molecule has 0 spiro atoms. The van der Waals surface area contributed by atoms with Crippen LogP contribution in [0.5, 0.6) is 0 Å². The molecule has 1 amide bonds. The molecular formula is C18H31Cl2N3O. The van der Waals surface area contributed by atoms with Crippen LogP contribution in [0, 0.1) is 5.92 Å². The van der Waals surface area contributed by atoms with Gasteiger partial charge in [-0.15, -0.1) is 24.8 Å². The van der Waals surface area contributed by atoms with Gasteiger partial charge in [-0.1, -0.05) is 37.3 Å². The minimum atomic E-state index is -0.566. The molecule has 1 aromatic rings. The van der Waals surface area contributed by atoms with Gasteiger partial charge in [0.2, 0.25) is 5.91 Å². The van der Waals surface area contributed by atoms with Crippen LogP contribution in [0.1, 0.15) is 44.2 Å². The van der Waals surface area contributed by atoms with Crippen LogP contribution >= 0.6 is 24.8 Å². The number of nitrogens with two attached hydrogens (primary N) is 1. The Bertz CT molecular complexity index is 459. The van der Waals surface area contributed by atoms with E-state index in [-0.39, 0.29) is 30.7 Å². The van der Waals surface area contributed by atoms with Crippen LogP contribution in [0.15, 0.2) is 30.3 Å². The van der Waals surface area contributed by atoms with Gasteiger partial charge < -0.3 is 16.0 Å². The molecule has 3 N–H and O–H groups in total. The Morgan fingerprint density at radius 3 is 2.67 bits per heavy atom. The van der Waals surface area contributed by atoms with Crippen molar-refractivity contribution in [2.75, 3.05) is 26.2 Å². The van der Waals surface area contributed by atoms with Crippen molar-refractivity contribution in [2.45, 2.75) is 38.6 Å². The number of halogens is 2. The van der Waals surface area contributed by atoms with Crippen LogP contribution in [0.3, 0.4) is 0 Å². The number of piperidine rings is 1. The average Bonchev–Trinajstić information content (AvgIpc) is 2.54. The highest BCUT2D eigenvalue weighted by atomic mass is 35.5. The van der Waals surface area contributed by atoms with Crippen molar-refractivity contribution < 1.29 is 4.79 Å². The molecule has 2 rings (SSSR count). The largest absolute Gasteiger partial charge is 0.354 e. The molecule has 138 valence electrons. The van der Waals surface area contributed by atoms with Crippen molar-refractivity contribution in [3.05, 3.63) is 35.9 Å². The highest BCUT2D eigenvalue weighted by molar-refractivity contribution is 5.85. The number of benzene rings is 1. The molecule has 2 unspecified atom stereocenters. The summed E-state index contributed by atoms with van der Waals surface area (Å²) >= 11 is 0. The number of rotatable bonds is 7. The Kier molecular flexibility index (Phi) is 12.1. The molecule has 1 aliphatic heterocycles. The molecule has 2 atom stereocenters. The number of carbonyl (C=O) groups is 1. The van der Waals surface area contributed by atoms with Crippen molar-refractivity contribution in [1.82, 2.24) is 10.2 Å². The minimum Gasteiger partial charge on any atom is -0.354 e. The summed E-state index contributed by atoms with van der Waals surface area (Å²) in [5, 5.41) is 2.94. The van der Waals surface area contributed by atoms with Gasteiger partial charge in [-0.2, -0.15) is 0 Å². The second-order valence-corrected chi connectivity index (χ2v) is 6.43. The molecule has 1 aromatic carbocycles. The summed E-state index contributed by atoms with van der Waals surface area (Å²) < 4.78 is 0. The van der Waals surface area contributed by atoms with Gasteiger partial charge in [0.05, 0.1) is 0 Å². The Morgan fingerprint density at radius 1 is 1.29 bits per heavy atom. The standard InChI is InChI=1S/C18H29N3O.2ClH/c1-15-8-7-13-21(14-15)12-6-5-11-20-18(22)17(19)16-9-3-2-4-10-16;;/h2-4,9-10,15,17H,5-8,11-14,19H2,1H3,(H,20,22);2*1H. The van der Waals surface area contributed by atoms with Gasteiger partial charge in [0.1, 0.15) is 6.04 Å². The molecule has 0 aliphatic carbocycles. The number of likely N-dealkylation sites (tertiary alicyclic amines) is 1. The number of unbranched alkanes of at least 4 members (excludes halogenated alkanes) is 1. The average molecular weight is 376 g/mol. The van der Waals surface area contributed by atoms with Crippen molar-refractivity contribution in [3.63, 3.8) is 0 Å². The van der Waals surface area contributed by atoms with E-state index in [1.54, 1.807) is 0 Å². The summed E-state index contributed by atoms with van der Waals surface area (Å²) in [4.78, 5) is 14.6. The van der Waals surface area contributed by atoms with Crippen LogP contribution in [-0.2, 0) is 4.79 Å². The van der Waals surface area contributed by atoms with Gasteiger partial charge in [-0.25, -0.2) is 0 Å². The first-order chi connectivity index (χ1) is 10.7. The van der Waals surface area contributed by atoms with Gasteiger partial charge >= 0.3 is 0 Å². The van der Waals surface area contributed by atoms with E-state index in [1.165, 1.54) is 25.9 Å². The van der Waals surface area contributed by atoms with E-state index in [0.29, 0.717) is 6.54 Å². The first-order valence-corrected chi connectivity index (χ1v) is 8.47. The smallest absolute Gasteiger partial charge is 0.241 e.